The zero-order valence-corrected chi connectivity index (χ0v) is 23.4. The molecular formula is C31H42N2O3S. The Hall–Kier alpha value is -2.73. The van der Waals surface area contributed by atoms with Crippen LogP contribution in [-0.2, 0) is 4.79 Å². The summed E-state index contributed by atoms with van der Waals surface area (Å²) in [6.07, 6.45) is 16.9. The number of benzene rings is 2. The van der Waals surface area contributed by atoms with Crippen LogP contribution in [0, 0.1) is 4.64 Å². The van der Waals surface area contributed by atoms with Gasteiger partial charge >= 0.3 is 5.97 Å². The van der Waals surface area contributed by atoms with Gasteiger partial charge in [0.25, 0.3) is 0 Å². The molecule has 6 heteroatoms. The first-order valence-electron chi connectivity index (χ1n) is 14.0. The van der Waals surface area contributed by atoms with Crippen LogP contribution in [0.25, 0.3) is 22.3 Å². The lowest BCUT2D eigenvalue weighted by molar-refractivity contribution is -0.144. The van der Waals surface area contributed by atoms with Gasteiger partial charge in [-0.3, -0.25) is 0 Å². The van der Waals surface area contributed by atoms with Gasteiger partial charge in [-0.2, -0.15) is 0 Å². The fourth-order valence-electron chi connectivity index (χ4n) is 4.56. The van der Waals surface area contributed by atoms with E-state index in [-0.39, 0.29) is 5.97 Å². The molecule has 0 amide bonds. The molecule has 200 valence electrons. The van der Waals surface area contributed by atoms with Gasteiger partial charge in [-0.05, 0) is 42.8 Å². The second-order valence-corrected chi connectivity index (χ2v) is 10.1. The molecule has 0 saturated carbocycles. The van der Waals surface area contributed by atoms with Crippen LogP contribution < -0.4 is 9.57 Å². The van der Waals surface area contributed by atoms with E-state index in [1.54, 1.807) is 7.11 Å². The largest absolute Gasteiger partial charge is 0.497 e. The second-order valence-electron chi connectivity index (χ2n) is 9.74. The molecule has 0 radical (unpaired) electrons. The Kier molecular flexibility index (Phi) is 12.6. The number of carbonyl (C=O) groups excluding carboxylic acids is 1. The average Bonchev–Trinajstić information content (AvgIpc) is 2.93. The van der Waals surface area contributed by atoms with Gasteiger partial charge in [-0.25, -0.2) is 9.78 Å². The fraction of sp³-hybridized carbons (Fsp3) is 0.516. The van der Waals surface area contributed by atoms with Crippen molar-refractivity contribution in [3.63, 3.8) is 0 Å². The number of aromatic nitrogens is 2. The Morgan fingerprint density at radius 3 is 1.97 bits per heavy atom. The van der Waals surface area contributed by atoms with Crippen LogP contribution >= 0.6 is 12.2 Å². The molecule has 0 saturated heterocycles. The summed E-state index contributed by atoms with van der Waals surface area (Å²) in [7, 11) is 1.63. The van der Waals surface area contributed by atoms with E-state index in [4.69, 9.17) is 26.8 Å². The number of nitrogens with zero attached hydrogens (tertiary/aromatic N) is 2. The number of methoxy groups -OCH3 is 1. The van der Waals surface area contributed by atoms with E-state index in [1.165, 1.54) is 68.9 Å². The predicted molar refractivity (Wildman–Crippen MR) is 154 cm³/mol. The first-order valence-corrected chi connectivity index (χ1v) is 14.4. The predicted octanol–water partition coefficient (Wildman–Crippen LogP) is 8.88. The fourth-order valence-corrected chi connectivity index (χ4v) is 4.85. The van der Waals surface area contributed by atoms with Crippen LogP contribution in [0.15, 0.2) is 48.5 Å². The summed E-state index contributed by atoms with van der Waals surface area (Å²) in [6.45, 7) is 2.26. The van der Waals surface area contributed by atoms with Crippen LogP contribution in [0.5, 0.6) is 5.75 Å². The zero-order chi connectivity index (χ0) is 26.3. The number of carbonyl (C=O) groups is 1. The van der Waals surface area contributed by atoms with Gasteiger partial charge in [0, 0.05) is 17.4 Å². The van der Waals surface area contributed by atoms with Crippen molar-refractivity contribution >= 4 is 29.1 Å². The van der Waals surface area contributed by atoms with Gasteiger partial charge in [-0.1, -0.05) is 108 Å². The summed E-state index contributed by atoms with van der Waals surface area (Å²) in [6, 6.07) is 15.1. The van der Waals surface area contributed by atoms with Gasteiger partial charge in [0.15, 0.2) is 10.5 Å². The van der Waals surface area contributed by atoms with Gasteiger partial charge in [-0.15, -0.1) is 4.73 Å². The van der Waals surface area contributed by atoms with Crippen LogP contribution in [0.2, 0.25) is 0 Å². The average molecular weight is 523 g/mol. The van der Waals surface area contributed by atoms with E-state index in [0.717, 1.165) is 41.5 Å². The summed E-state index contributed by atoms with van der Waals surface area (Å²) in [5.74, 6) is 0.963. The SMILES string of the molecule is CCCCCCCCCCCCCCCC(=O)On1c(-c2ccc(OC)cc2)nc2ccccc2c1=S. The number of hydrogen-bond acceptors (Lipinski definition) is 5. The summed E-state index contributed by atoms with van der Waals surface area (Å²) >= 11 is 5.71. The molecule has 0 spiro atoms. The Morgan fingerprint density at radius 1 is 0.811 bits per heavy atom. The second kappa shape index (κ2) is 16.2. The van der Waals surface area contributed by atoms with Gasteiger partial charge in [0.05, 0.1) is 12.6 Å². The van der Waals surface area contributed by atoms with E-state index >= 15 is 0 Å². The maximum absolute atomic E-state index is 12.7. The van der Waals surface area contributed by atoms with Crippen molar-refractivity contribution in [1.82, 2.24) is 9.71 Å². The molecular weight excluding hydrogens is 480 g/mol. The number of hydrogen-bond donors (Lipinski definition) is 0. The smallest absolute Gasteiger partial charge is 0.333 e. The Balaban J connectivity index is 1.47. The summed E-state index contributed by atoms with van der Waals surface area (Å²) in [5, 5.41) is 0.781. The lowest BCUT2D eigenvalue weighted by Crippen LogP contribution is -2.23. The van der Waals surface area contributed by atoms with Crippen LogP contribution in [0.4, 0.5) is 0 Å². The number of rotatable bonds is 17. The molecule has 0 aliphatic rings. The highest BCUT2D eigenvalue weighted by atomic mass is 32.1. The lowest BCUT2D eigenvalue weighted by atomic mass is 10.0. The van der Waals surface area contributed by atoms with Crippen LogP contribution in [0.1, 0.15) is 96.8 Å². The highest BCUT2D eigenvalue weighted by Crippen LogP contribution is 2.24. The summed E-state index contributed by atoms with van der Waals surface area (Å²) in [4.78, 5) is 23.3. The van der Waals surface area contributed by atoms with E-state index < -0.39 is 0 Å². The first-order chi connectivity index (χ1) is 18.1. The van der Waals surface area contributed by atoms with E-state index in [9.17, 15) is 4.79 Å². The third-order valence-corrected chi connectivity index (χ3v) is 7.15. The molecule has 0 bridgehead atoms. The molecule has 0 unspecified atom stereocenters. The maximum Gasteiger partial charge on any atom is 0.333 e. The van der Waals surface area contributed by atoms with Crippen molar-refractivity contribution < 1.29 is 14.4 Å². The van der Waals surface area contributed by atoms with Gasteiger partial charge < -0.3 is 9.57 Å². The summed E-state index contributed by atoms with van der Waals surface area (Å²) in [5.41, 5.74) is 1.56. The number of ether oxygens (including phenoxy) is 1. The molecule has 0 atom stereocenters. The van der Waals surface area contributed by atoms with Gasteiger partial charge in [0.2, 0.25) is 0 Å². The van der Waals surface area contributed by atoms with Crippen LogP contribution in [0.3, 0.4) is 0 Å². The third-order valence-electron chi connectivity index (χ3n) is 6.76. The van der Waals surface area contributed by atoms with Crippen molar-refractivity contribution in [1.29, 1.82) is 0 Å². The highest BCUT2D eigenvalue weighted by Gasteiger charge is 2.15. The van der Waals surface area contributed by atoms with E-state index in [1.807, 2.05) is 48.5 Å². The Bertz CT molecular complexity index is 1160. The molecule has 0 N–H and O–H groups in total. The monoisotopic (exact) mass is 522 g/mol. The zero-order valence-electron chi connectivity index (χ0n) is 22.5. The van der Waals surface area contributed by atoms with Crippen molar-refractivity contribution in [3.05, 3.63) is 53.2 Å². The molecule has 1 heterocycles. The molecule has 3 aromatic rings. The van der Waals surface area contributed by atoms with Crippen molar-refractivity contribution in [2.24, 2.45) is 0 Å². The molecule has 3 rings (SSSR count). The summed E-state index contributed by atoms with van der Waals surface area (Å²) < 4.78 is 7.12. The molecule has 0 aliphatic carbocycles. The molecule has 0 aliphatic heterocycles. The van der Waals surface area contributed by atoms with E-state index in [0.29, 0.717) is 16.9 Å². The number of para-hydroxylation sites is 1. The topological polar surface area (TPSA) is 53.4 Å². The molecule has 2 aromatic carbocycles. The molecule has 1 aromatic heterocycles. The standard InChI is InChI=1S/C31H42N2O3S/c1-3-4-5-6-7-8-9-10-11-12-13-14-15-20-29(34)36-33-30(25-21-23-26(35-2)24-22-25)32-28-19-17-16-18-27(28)31(33)37/h16-19,21-24H,3-15,20H2,1-2H3. The number of unbranched alkanes of at least 4 members (excludes halogenated alkanes) is 12. The minimum Gasteiger partial charge on any atom is -0.497 e. The third kappa shape index (κ3) is 9.26. The minimum atomic E-state index is -0.286. The Morgan fingerprint density at radius 2 is 1.38 bits per heavy atom. The first kappa shape index (κ1) is 28.8. The molecule has 37 heavy (non-hydrogen) atoms. The maximum atomic E-state index is 12.7. The number of fused-ring (bicyclic) bond motifs is 1. The van der Waals surface area contributed by atoms with Crippen molar-refractivity contribution in [2.45, 2.75) is 96.8 Å². The Labute approximate surface area is 227 Å². The van der Waals surface area contributed by atoms with Crippen molar-refractivity contribution in [3.8, 4) is 17.1 Å². The lowest BCUT2D eigenvalue weighted by Gasteiger charge is -2.15. The molecule has 5 nitrogen and oxygen atoms in total. The normalized spacial score (nSPS) is 11.1. The van der Waals surface area contributed by atoms with Gasteiger partial charge in [0.1, 0.15) is 5.75 Å². The van der Waals surface area contributed by atoms with E-state index in [2.05, 4.69) is 6.92 Å². The minimum absolute atomic E-state index is 0.286. The van der Waals surface area contributed by atoms with Crippen molar-refractivity contribution in [2.75, 3.05) is 7.11 Å². The van der Waals surface area contributed by atoms with Crippen LogP contribution in [-0.4, -0.2) is 22.8 Å². The quantitative estimate of drug-likeness (QED) is 0.131. The highest BCUT2D eigenvalue weighted by molar-refractivity contribution is 7.71. The molecule has 0 fully saturated rings.